The fourth-order valence-corrected chi connectivity index (χ4v) is 4.28. The van der Waals surface area contributed by atoms with E-state index in [1.807, 2.05) is 24.8 Å². The van der Waals surface area contributed by atoms with Crippen LogP contribution in [0.15, 0.2) is 30.3 Å². The van der Waals surface area contributed by atoms with Gasteiger partial charge < -0.3 is 23.8 Å². The van der Waals surface area contributed by atoms with Crippen molar-refractivity contribution in [3.05, 3.63) is 35.9 Å². The number of carbonyl (C=O) groups excluding carboxylic acids is 1. The fourth-order valence-electron chi connectivity index (χ4n) is 4.28. The van der Waals surface area contributed by atoms with Gasteiger partial charge in [0.2, 0.25) is 0 Å². The first kappa shape index (κ1) is 19.8. The summed E-state index contributed by atoms with van der Waals surface area (Å²) in [4.78, 5) is 14.4. The largest absolute Gasteiger partial charge is 0.378 e. The van der Waals surface area contributed by atoms with E-state index in [9.17, 15) is 4.79 Å². The van der Waals surface area contributed by atoms with Crippen molar-refractivity contribution in [1.82, 2.24) is 4.90 Å². The number of amides is 1. The monoisotopic (exact) mass is 389 g/mol. The first-order chi connectivity index (χ1) is 13.5. The van der Waals surface area contributed by atoms with Gasteiger partial charge in [0.1, 0.15) is 0 Å². The number of ether oxygens (including phenoxy) is 4. The van der Waals surface area contributed by atoms with Crippen molar-refractivity contribution in [2.45, 2.75) is 69.7 Å². The van der Waals surface area contributed by atoms with Gasteiger partial charge >= 0.3 is 0 Å². The van der Waals surface area contributed by atoms with Crippen LogP contribution in [0.25, 0.3) is 0 Å². The third kappa shape index (κ3) is 5.11. The lowest BCUT2D eigenvalue weighted by Crippen LogP contribution is -2.46. The minimum absolute atomic E-state index is 0.0379. The molecule has 0 unspecified atom stereocenters. The summed E-state index contributed by atoms with van der Waals surface area (Å²) in [6, 6.07) is 10.5. The lowest BCUT2D eigenvalue weighted by atomic mass is 9.98. The Morgan fingerprint density at radius 1 is 1.11 bits per heavy atom. The molecule has 1 aromatic carbocycles. The van der Waals surface area contributed by atoms with Crippen molar-refractivity contribution < 1.29 is 23.7 Å². The molecule has 28 heavy (non-hydrogen) atoms. The van der Waals surface area contributed by atoms with Crippen molar-refractivity contribution in [3.8, 4) is 0 Å². The predicted molar refractivity (Wildman–Crippen MR) is 104 cm³/mol. The number of hydrogen-bond acceptors (Lipinski definition) is 5. The molecule has 1 aromatic rings. The smallest absolute Gasteiger partial charge is 0.254 e. The quantitative estimate of drug-likeness (QED) is 0.700. The molecule has 154 valence electrons. The fraction of sp³-hybridized carbons (Fsp3) is 0.682. The molecule has 0 bridgehead atoms. The maximum Gasteiger partial charge on any atom is 0.254 e. The van der Waals surface area contributed by atoms with Crippen LogP contribution in [0, 0.1) is 0 Å². The zero-order valence-electron chi connectivity index (χ0n) is 16.8. The average molecular weight is 389 g/mol. The van der Waals surface area contributed by atoms with Gasteiger partial charge in [0.05, 0.1) is 31.5 Å². The molecule has 3 saturated heterocycles. The SMILES string of the molecule is CC1(C)O[C@@H](CCc2ccccc2)C[C@@H](C[C@H]2O[C@@H]2C(=O)N2CCOCC2)O1. The molecule has 0 spiro atoms. The van der Waals surface area contributed by atoms with Gasteiger partial charge in [-0.15, -0.1) is 0 Å². The Morgan fingerprint density at radius 3 is 2.57 bits per heavy atom. The summed E-state index contributed by atoms with van der Waals surface area (Å²) in [5, 5.41) is 0. The molecule has 3 fully saturated rings. The van der Waals surface area contributed by atoms with Gasteiger partial charge in [-0.3, -0.25) is 4.79 Å². The number of carbonyl (C=O) groups is 1. The normalized spacial score (nSPS) is 32.1. The number of hydrogen-bond donors (Lipinski definition) is 0. The molecule has 0 aliphatic carbocycles. The highest BCUT2D eigenvalue weighted by atomic mass is 16.7. The molecule has 3 aliphatic rings. The Kier molecular flexibility index (Phi) is 6.01. The third-order valence-corrected chi connectivity index (χ3v) is 5.67. The number of epoxide rings is 1. The summed E-state index contributed by atoms with van der Waals surface area (Å²) in [5.74, 6) is -0.511. The molecule has 0 radical (unpaired) electrons. The van der Waals surface area contributed by atoms with Gasteiger partial charge in [-0.25, -0.2) is 0 Å². The highest BCUT2D eigenvalue weighted by Crippen LogP contribution is 2.36. The summed E-state index contributed by atoms with van der Waals surface area (Å²) < 4.78 is 23.3. The van der Waals surface area contributed by atoms with Crippen LogP contribution in [-0.2, 0) is 30.2 Å². The molecule has 4 rings (SSSR count). The van der Waals surface area contributed by atoms with Crippen molar-refractivity contribution >= 4 is 5.91 Å². The maximum absolute atomic E-state index is 12.5. The molecule has 0 N–H and O–H groups in total. The van der Waals surface area contributed by atoms with Crippen molar-refractivity contribution in [2.24, 2.45) is 0 Å². The van der Waals surface area contributed by atoms with E-state index < -0.39 is 5.79 Å². The van der Waals surface area contributed by atoms with E-state index in [0.29, 0.717) is 26.3 Å². The standard InChI is InChI=1S/C22H31NO5/c1-22(2)27-17(9-8-16-6-4-3-5-7-16)14-18(28-22)15-19-20(26-19)21(24)23-10-12-25-13-11-23/h3-7,17-20H,8-15H2,1-2H3/t17-,18-,19+,20-/m0/s1. The van der Waals surface area contributed by atoms with Crippen molar-refractivity contribution in [2.75, 3.05) is 26.3 Å². The van der Waals surface area contributed by atoms with Crippen LogP contribution in [-0.4, -0.2) is 67.3 Å². The lowest BCUT2D eigenvalue weighted by molar-refractivity contribution is -0.301. The predicted octanol–water partition coefficient (Wildman–Crippen LogP) is 2.55. The van der Waals surface area contributed by atoms with E-state index in [0.717, 1.165) is 25.7 Å². The average Bonchev–Trinajstić information content (AvgIpc) is 3.45. The second kappa shape index (κ2) is 8.49. The Balaban J connectivity index is 1.27. The molecule has 6 nitrogen and oxygen atoms in total. The first-order valence-electron chi connectivity index (χ1n) is 10.4. The van der Waals surface area contributed by atoms with Crippen LogP contribution in [0.5, 0.6) is 0 Å². The summed E-state index contributed by atoms with van der Waals surface area (Å²) in [6.07, 6.45) is 3.41. The van der Waals surface area contributed by atoms with Gasteiger partial charge in [0.15, 0.2) is 11.9 Å². The van der Waals surface area contributed by atoms with Gasteiger partial charge in [0.25, 0.3) is 5.91 Å². The second-order valence-corrected chi connectivity index (χ2v) is 8.41. The van der Waals surface area contributed by atoms with Crippen LogP contribution < -0.4 is 0 Å². The minimum atomic E-state index is -0.608. The van der Waals surface area contributed by atoms with Crippen molar-refractivity contribution in [3.63, 3.8) is 0 Å². The van der Waals surface area contributed by atoms with E-state index in [-0.39, 0.29) is 30.3 Å². The number of morpholine rings is 1. The number of aryl methyl sites for hydroxylation is 1. The van der Waals surface area contributed by atoms with Crippen molar-refractivity contribution in [1.29, 1.82) is 0 Å². The molecule has 0 saturated carbocycles. The zero-order chi connectivity index (χ0) is 19.6. The van der Waals surface area contributed by atoms with E-state index >= 15 is 0 Å². The van der Waals surface area contributed by atoms with Gasteiger partial charge in [-0.05, 0) is 32.3 Å². The summed E-state index contributed by atoms with van der Waals surface area (Å²) in [5.41, 5.74) is 1.33. The van der Waals surface area contributed by atoms with E-state index in [1.54, 1.807) is 0 Å². The van der Waals surface area contributed by atoms with E-state index in [1.165, 1.54) is 5.56 Å². The molecule has 1 amide bonds. The summed E-state index contributed by atoms with van der Waals surface area (Å²) >= 11 is 0. The van der Waals surface area contributed by atoms with Crippen LogP contribution in [0.1, 0.15) is 38.7 Å². The third-order valence-electron chi connectivity index (χ3n) is 5.67. The topological polar surface area (TPSA) is 60.5 Å². The zero-order valence-corrected chi connectivity index (χ0v) is 16.8. The van der Waals surface area contributed by atoms with Gasteiger partial charge in [-0.1, -0.05) is 30.3 Å². The number of benzene rings is 1. The van der Waals surface area contributed by atoms with Gasteiger partial charge in [-0.2, -0.15) is 0 Å². The Bertz CT molecular complexity index is 658. The van der Waals surface area contributed by atoms with Crippen LogP contribution in [0.3, 0.4) is 0 Å². The summed E-state index contributed by atoms with van der Waals surface area (Å²) in [7, 11) is 0. The van der Waals surface area contributed by atoms with Crippen LogP contribution >= 0.6 is 0 Å². The first-order valence-corrected chi connectivity index (χ1v) is 10.4. The lowest BCUT2D eigenvalue weighted by Gasteiger charge is -2.41. The maximum atomic E-state index is 12.5. The molecule has 3 heterocycles. The van der Waals surface area contributed by atoms with Crippen LogP contribution in [0.2, 0.25) is 0 Å². The molecular weight excluding hydrogens is 358 g/mol. The van der Waals surface area contributed by atoms with E-state index in [4.69, 9.17) is 18.9 Å². The molecule has 4 atom stereocenters. The molecule has 6 heteroatoms. The molecule has 0 aromatic heterocycles. The summed E-state index contributed by atoms with van der Waals surface area (Å²) in [6.45, 7) is 6.49. The van der Waals surface area contributed by atoms with Crippen LogP contribution in [0.4, 0.5) is 0 Å². The Labute approximate surface area is 167 Å². The molecular formula is C22H31NO5. The highest BCUT2D eigenvalue weighted by Gasteiger charge is 2.49. The van der Waals surface area contributed by atoms with Gasteiger partial charge in [0, 0.05) is 25.9 Å². The second-order valence-electron chi connectivity index (χ2n) is 8.41. The highest BCUT2D eigenvalue weighted by molar-refractivity contribution is 5.83. The number of rotatable bonds is 6. The Morgan fingerprint density at radius 2 is 1.82 bits per heavy atom. The molecule has 3 aliphatic heterocycles. The Hall–Kier alpha value is -1.47. The van der Waals surface area contributed by atoms with E-state index in [2.05, 4.69) is 24.3 Å². The number of nitrogens with zero attached hydrogens (tertiary/aromatic N) is 1. The minimum Gasteiger partial charge on any atom is -0.378 e.